The van der Waals surface area contributed by atoms with E-state index in [1.165, 1.54) is 13.4 Å². The Hall–Kier alpha value is -1.56. The summed E-state index contributed by atoms with van der Waals surface area (Å²) >= 11 is 0. The molecule has 0 aliphatic heterocycles. The quantitative estimate of drug-likeness (QED) is 0.602. The number of nitrogens with two attached hydrogens (primary N) is 1. The maximum absolute atomic E-state index is 11.4. The van der Waals surface area contributed by atoms with E-state index in [9.17, 15) is 9.59 Å². The fourth-order valence-electron chi connectivity index (χ4n) is 1.05. The van der Waals surface area contributed by atoms with Crippen LogP contribution in [0.2, 0.25) is 0 Å². The topological polar surface area (TPSA) is 108 Å². The minimum absolute atomic E-state index is 0. The van der Waals surface area contributed by atoms with E-state index < -0.39 is 11.6 Å². The number of aryl methyl sites for hydroxylation is 1. The van der Waals surface area contributed by atoms with Gasteiger partial charge in [0.15, 0.2) is 11.3 Å². The molecule has 0 saturated carbocycles. The van der Waals surface area contributed by atoms with Gasteiger partial charge >= 0.3 is 5.69 Å². The average molecular weight is 389 g/mol. The van der Waals surface area contributed by atoms with Crippen molar-refractivity contribution in [1.82, 2.24) is 24.4 Å². The number of carbonyl (C=O) groups excluding carboxylic acids is 1. The van der Waals surface area contributed by atoms with Crippen LogP contribution in [0.4, 0.5) is 0 Å². The summed E-state index contributed by atoms with van der Waals surface area (Å²) < 4.78 is 2.13. The van der Waals surface area contributed by atoms with E-state index in [1.807, 2.05) is 0 Å². The molecule has 0 aromatic carbocycles. The number of primary amides is 1. The van der Waals surface area contributed by atoms with Gasteiger partial charge in [0, 0.05) is 28.1 Å². The Morgan fingerprint density at radius 1 is 1.53 bits per heavy atom. The molecule has 0 bridgehead atoms. The van der Waals surface area contributed by atoms with Crippen LogP contribution in [0.1, 0.15) is 10.5 Å². The monoisotopic (exact) mass is 389 g/mol. The van der Waals surface area contributed by atoms with E-state index in [-0.39, 0.29) is 32.4 Å². The molecule has 0 saturated heterocycles. The number of rotatable bonds is 1. The fourth-order valence-corrected chi connectivity index (χ4v) is 1.05. The number of hydrogen-bond acceptors (Lipinski definition) is 5. The largest absolute Gasteiger partial charge is 0.364 e. The molecule has 2 aromatic rings. The summed E-state index contributed by atoms with van der Waals surface area (Å²) in [5, 5.41) is 7.14. The summed E-state index contributed by atoms with van der Waals surface area (Å²) in [6.45, 7) is 0. The average Bonchev–Trinajstić information content (AvgIpc) is 2.55. The Balaban J connectivity index is 0.00000112. The van der Waals surface area contributed by atoms with E-state index in [1.54, 1.807) is 0 Å². The number of fused-ring (bicyclic) bond motifs is 1. The summed E-state index contributed by atoms with van der Waals surface area (Å²) in [6, 6.07) is 0. The van der Waals surface area contributed by atoms with Crippen LogP contribution in [0, 0.1) is 0 Å². The van der Waals surface area contributed by atoms with Gasteiger partial charge in [0.05, 0.1) is 0 Å². The standard InChI is InChI=1S/C6H6N6O2.Pt/c1-11-6(14)12-2-8-3(4(7)13)5(12)9-10-11;/h2H,1H3,(H2,7,13);. The van der Waals surface area contributed by atoms with E-state index in [2.05, 4.69) is 15.3 Å². The van der Waals surface area contributed by atoms with Gasteiger partial charge in [-0.2, -0.15) is 4.68 Å². The molecule has 9 heteroatoms. The Bertz CT molecular complexity index is 572. The Kier molecular flexibility index (Phi) is 2.99. The third kappa shape index (κ3) is 1.68. The molecule has 0 radical (unpaired) electrons. The summed E-state index contributed by atoms with van der Waals surface area (Å²) in [5.74, 6) is -0.741. The number of amides is 1. The second-order valence-electron chi connectivity index (χ2n) is 2.65. The van der Waals surface area contributed by atoms with Crippen LogP contribution in [0.15, 0.2) is 11.1 Å². The van der Waals surface area contributed by atoms with Gasteiger partial charge in [0.1, 0.15) is 6.33 Å². The van der Waals surface area contributed by atoms with Crippen LogP contribution in [-0.4, -0.2) is 30.3 Å². The zero-order chi connectivity index (χ0) is 10.3. The van der Waals surface area contributed by atoms with E-state index in [0.29, 0.717) is 0 Å². The molecule has 2 aromatic heterocycles. The summed E-state index contributed by atoms with van der Waals surface area (Å²) in [5.41, 5.74) is 4.60. The maximum Gasteiger partial charge on any atom is 0.352 e. The number of hydrogen-bond donors (Lipinski definition) is 1. The molecule has 0 unspecified atom stereocenters. The molecule has 0 spiro atoms. The Morgan fingerprint density at radius 3 is 2.80 bits per heavy atom. The van der Waals surface area contributed by atoms with Gasteiger partial charge in [-0.25, -0.2) is 14.2 Å². The van der Waals surface area contributed by atoms with Crippen molar-refractivity contribution in [1.29, 1.82) is 0 Å². The smallest absolute Gasteiger partial charge is 0.352 e. The van der Waals surface area contributed by atoms with Gasteiger partial charge in [0.2, 0.25) is 0 Å². The van der Waals surface area contributed by atoms with Crippen LogP contribution in [-0.2, 0) is 28.1 Å². The first-order valence-electron chi connectivity index (χ1n) is 3.68. The number of nitrogens with zero attached hydrogens (tertiary/aromatic N) is 5. The van der Waals surface area contributed by atoms with Gasteiger partial charge in [-0.05, 0) is 0 Å². The zero-order valence-corrected chi connectivity index (χ0v) is 9.80. The molecule has 0 fully saturated rings. The maximum atomic E-state index is 11.4. The summed E-state index contributed by atoms with van der Waals surface area (Å²) in [6.07, 6.45) is 1.19. The van der Waals surface area contributed by atoms with Gasteiger partial charge in [-0.15, -0.1) is 5.10 Å². The predicted octanol–water partition coefficient (Wildman–Crippen LogP) is -2.08. The second kappa shape index (κ2) is 3.90. The minimum atomic E-state index is -0.741. The molecule has 2 N–H and O–H groups in total. The first kappa shape index (κ1) is 11.5. The van der Waals surface area contributed by atoms with Crippen molar-refractivity contribution in [3.8, 4) is 0 Å². The van der Waals surface area contributed by atoms with E-state index in [4.69, 9.17) is 5.73 Å². The normalized spacial score (nSPS) is 9.93. The van der Waals surface area contributed by atoms with Crippen molar-refractivity contribution in [2.75, 3.05) is 0 Å². The first-order valence-corrected chi connectivity index (χ1v) is 3.68. The zero-order valence-electron chi connectivity index (χ0n) is 7.52. The van der Waals surface area contributed by atoms with Crippen LogP contribution in [0.5, 0.6) is 0 Å². The predicted molar refractivity (Wildman–Crippen MR) is 44.5 cm³/mol. The van der Waals surface area contributed by atoms with Gasteiger partial charge in [-0.1, -0.05) is 5.21 Å². The summed E-state index contributed by atoms with van der Waals surface area (Å²) in [4.78, 5) is 25.9. The van der Waals surface area contributed by atoms with E-state index in [0.717, 1.165) is 9.08 Å². The first-order chi connectivity index (χ1) is 6.61. The minimum Gasteiger partial charge on any atom is -0.364 e. The molecule has 82 valence electrons. The van der Waals surface area contributed by atoms with Crippen molar-refractivity contribution < 1.29 is 25.9 Å². The van der Waals surface area contributed by atoms with E-state index >= 15 is 0 Å². The molecule has 0 atom stereocenters. The third-order valence-corrected chi connectivity index (χ3v) is 1.73. The van der Waals surface area contributed by atoms with Gasteiger partial charge in [0.25, 0.3) is 5.91 Å². The van der Waals surface area contributed by atoms with Crippen LogP contribution >= 0.6 is 0 Å². The molecule has 15 heavy (non-hydrogen) atoms. The Morgan fingerprint density at radius 2 is 2.20 bits per heavy atom. The number of carbonyl (C=O) groups is 1. The molecule has 8 nitrogen and oxygen atoms in total. The Labute approximate surface area is 97.4 Å². The van der Waals surface area contributed by atoms with Crippen LogP contribution in [0.3, 0.4) is 0 Å². The molecular weight excluding hydrogens is 383 g/mol. The molecular formula is C6H6N6O2Pt. The van der Waals surface area contributed by atoms with Crippen molar-refractivity contribution in [2.45, 2.75) is 0 Å². The van der Waals surface area contributed by atoms with Gasteiger partial charge < -0.3 is 5.73 Å². The fraction of sp³-hybridized carbons (Fsp3) is 0.167. The molecule has 1 amide bonds. The van der Waals surface area contributed by atoms with Crippen molar-refractivity contribution in [3.05, 3.63) is 22.5 Å². The third-order valence-electron chi connectivity index (χ3n) is 1.73. The second-order valence-corrected chi connectivity index (χ2v) is 2.65. The van der Waals surface area contributed by atoms with Gasteiger partial charge in [-0.3, -0.25) is 4.79 Å². The van der Waals surface area contributed by atoms with Crippen molar-refractivity contribution in [3.63, 3.8) is 0 Å². The van der Waals surface area contributed by atoms with Crippen LogP contribution in [0.25, 0.3) is 5.65 Å². The van der Waals surface area contributed by atoms with Crippen LogP contribution < -0.4 is 11.4 Å². The number of imidazole rings is 1. The number of aromatic nitrogens is 5. The SMILES string of the molecule is Cn1nnc2c(C(N)=O)ncn2c1=O.[Pt]. The summed E-state index contributed by atoms with van der Waals surface area (Å²) in [7, 11) is 1.44. The molecule has 2 heterocycles. The van der Waals surface area contributed by atoms with Crippen molar-refractivity contribution >= 4 is 11.6 Å². The molecule has 0 aliphatic carbocycles. The van der Waals surface area contributed by atoms with Crippen molar-refractivity contribution in [2.24, 2.45) is 12.8 Å². The molecule has 0 aliphatic rings. The molecule has 2 rings (SSSR count).